The van der Waals surface area contributed by atoms with Gasteiger partial charge in [0.1, 0.15) is 0 Å². The van der Waals surface area contributed by atoms with Crippen molar-refractivity contribution >= 4 is 10.0 Å². The van der Waals surface area contributed by atoms with E-state index in [4.69, 9.17) is 5.21 Å². The summed E-state index contributed by atoms with van der Waals surface area (Å²) in [6, 6.07) is 2.29. The summed E-state index contributed by atoms with van der Waals surface area (Å²) in [5, 5.41) is 8.31. The van der Waals surface area contributed by atoms with Crippen molar-refractivity contribution in [2.24, 2.45) is 0 Å². The summed E-state index contributed by atoms with van der Waals surface area (Å²) in [5.41, 5.74) is -0.954. The molecule has 0 amide bonds. The second kappa shape index (κ2) is 4.04. The lowest BCUT2D eigenvalue weighted by Gasteiger charge is -2.10. The number of rotatable bonds is 2. The second-order valence-electron chi connectivity index (χ2n) is 3.13. The van der Waals surface area contributed by atoms with Crippen LogP contribution in [0.5, 0.6) is 0 Å². The van der Waals surface area contributed by atoms with Crippen molar-refractivity contribution in [3.8, 4) is 0 Å². The molecule has 4 nitrogen and oxygen atoms in total. The molecule has 1 aromatic carbocycles. The molecule has 0 unspecified atom stereocenters. The van der Waals surface area contributed by atoms with Crippen LogP contribution in [-0.4, -0.2) is 13.6 Å². The maximum absolute atomic E-state index is 12.4. The maximum atomic E-state index is 12.4. The summed E-state index contributed by atoms with van der Waals surface area (Å²) in [6.45, 7) is 1.33. The van der Waals surface area contributed by atoms with Crippen molar-refractivity contribution in [3.05, 3.63) is 29.3 Å². The van der Waals surface area contributed by atoms with Crippen LogP contribution >= 0.6 is 0 Å². The molecule has 16 heavy (non-hydrogen) atoms. The first-order chi connectivity index (χ1) is 7.16. The topological polar surface area (TPSA) is 66.4 Å². The van der Waals surface area contributed by atoms with Gasteiger partial charge < -0.3 is 5.21 Å². The van der Waals surface area contributed by atoms with Crippen molar-refractivity contribution in [1.29, 1.82) is 0 Å². The summed E-state index contributed by atoms with van der Waals surface area (Å²) in [4.78, 5) is 0.332. The molecule has 0 spiro atoms. The van der Waals surface area contributed by atoms with Crippen LogP contribution in [0.2, 0.25) is 0 Å². The van der Waals surface area contributed by atoms with Crippen LogP contribution in [0.15, 0.2) is 23.1 Å². The molecule has 0 heterocycles. The fourth-order valence-corrected chi connectivity index (χ4v) is 1.85. The van der Waals surface area contributed by atoms with Crippen molar-refractivity contribution < 1.29 is 26.8 Å². The van der Waals surface area contributed by atoms with Gasteiger partial charge in [-0.05, 0) is 30.7 Å². The van der Waals surface area contributed by atoms with Gasteiger partial charge in [-0.1, -0.05) is 4.89 Å². The zero-order chi connectivity index (χ0) is 12.6. The van der Waals surface area contributed by atoms with E-state index in [2.05, 4.69) is 0 Å². The predicted octanol–water partition coefficient (Wildman–Crippen LogP) is 1.68. The highest BCUT2D eigenvalue weighted by atomic mass is 32.2. The Morgan fingerprint density at radius 3 is 2.25 bits per heavy atom. The molecular weight excluding hydrogens is 247 g/mol. The van der Waals surface area contributed by atoms with Crippen LogP contribution in [0.3, 0.4) is 0 Å². The number of hydrogen-bond acceptors (Lipinski definition) is 3. The highest BCUT2D eigenvalue weighted by Gasteiger charge is 2.32. The van der Waals surface area contributed by atoms with Crippen molar-refractivity contribution in [1.82, 2.24) is 4.89 Å². The highest BCUT2D eigenvalue weighted by molar-refractivity contribution is 7.89. The molecule has 0 aliphatic heterocycles. The third kappa shape index (κ3) is 2.71. The van der Waals surface area contributed by atoms with Crippen LogP contribution in [0.4, 0.5) is 13.2 Å². The first-order valence-corrected chi connectivity index (χ1v) is 5.50. The standard InChI is InChI=1S/C8H8F3NO3S/c1-5-2-6(8(9,10)11)4-7(3-5)16(14,15)12-13/h2-4,12-13H,1H3. The lowest BCUT2D eigenvalue weighted by molar-refractivity contribution is -0.137. The van der Waals surface area contributed by atoms with Gasteiger partial charge in [0.25, 0.3) is 10.0 Å². The Morgan fingerprint density at radius 1 is 1.25 bits per heavy atom. The first-order valence-electron chi connectivity index (χ1n) is 4.01. The maximum Gasteiger partial charge on any atom is 0.416 e. The van der Waals surface area contributed by atoms with Gasteiger partial charge in [-0.3, -0.25) is 0 Å². The third-order valence-corrected chi connectivity index (χ3v) is 2.91. The summed E-state index contributed by atoms with van der Waals surface area (Å²) in [5.74, 6) is 0. The zero-order valence-electron chi connectivity index (χ0n) is 8.04. The van der Waals surface area contributed by atoms with Crippen molar-refractivity contribution in [3.63, 3.8) is 0 Å². The van der Waals surface area contributed by atoms with Crippen molar-refractivity contribution in [2.75, 3.05) is 0 Å². The number of sulfonamides is 1. The van der Waals surface area contributed by atoms with Gasteiger partial charge in [0.2, 0.25) is 0 Å². The van der Waals surface area contributed by atoms with Crippen LogP contribution in [0.25, 0.3) is 0 Å². The van der Waals surface area contributed by atoms with E-state index >= 15 is 0 Å². The zero-order valence-corrected chi connectivity index (χ0v) is 8.85. The monoisotopic (exact) mass is 255 g/mol. The molecule has 0 aromatic heterocycles. The molecule has 0 saturated heterocycles. The molecule has 1 aromatic rings. The minimum atomic E-state index is -4.63. The van der Waals surface area contributed by atoms with Gasteiger partial charge >= 0.3 is 6.18 Å². The molecule has 0 saturated carbocycles. The van der Waals surface area contributed by atoms with Gasteiger partial charge in [-0.25, -0.2) is 8.42 Å². The van der Waals surface area contributed by atoms with E-state index in [-0.39, 0.29) is 5.56 Å². The van der Waals surface area contributed by atoms with E-state index < -0.39 is 26.7 Å². The Kier molecular flexibility index (Phi) is 3.27. The SMILES string of the molecule is Cc1cc(C(F)(F)F)cc(S(=O)(=O)NO)c1. The van der Waals surface area contributed by atoms with E-state index in [0.29, 0.717) is 6.07 Å². The fourth-order valence-electron chi connectivity index (χ4n) is 1.12. The van der Waals surface area contributed by atoms with Gasteiger partial charge in [-0.2, -0.15) is 13.2 Å². The van der Waals surface area contributed by atoms with Crippen LogP contribution < -0.4 is 4.89 Å². The molecule has 0 bridgehead atoms. The molecule has 0 aliphatic rings. The Labute approximate surface area is 89.7 Å². The van der Waals surface area contributed by atoms with Gasteiger partial charge in [0.05, 0.1) is 10.5 Å². The molecule has 0 atom stereocenters. The van der Waals surface area contributed by atoms with E-state index in [9.17, 15) is 21.6 Å². The van der Waals surface area contributed by atoms with Gasteiger partial charge in [0, 0.05) is 0 Å². The average molecular weight is 255 g/mol. The Balaban J connectivity index is 3.41. The smallest absolute Gasteiger partial charge is 0.302 e. The summed E-state index contributed by atoms with van der Waals surface area (Å²) in [7, 11) is -4.30. The quantitative estimate of drug-likeness (QED) is 0.790. The molecule has 2 N–H and O–H groups in total. The largest absolute Gasteiger partial charge is 0.416 e. The Bertz CT molecular complexity index is 496. The average Bonchev–Trinajstić information content (AvgIpc) is 2.15. The Hall–Kier alpha value is -1.12. The second-order valence-corrected chi connectivity index (χ2v) is 4.79. The summed E-state index contributed by atoms with van der Waals surface area (Å²) >= 11 is 0. The minimum absolute atomic E-state index is 0.128. The molecule has 0 aliphatic carbocycles. The number of hydrogen-bond donors (Lipinski definition) is 2. The molecule has 90 valence electrons. The van der Waals surface area contributed by atoms with Gasteiger partial charge in [-0.15, -0.1) is 0 Å². The normalized spacial score (nSPS) is 12.8. The van der Waals surface area contributed by atoms with Crippen molar-refractivity contribution in [2.45, 2.75) is 18.0 Å². The summed E-state index contributed by atoms with van der Waals surface area (Å²) < 4.78 is 59.3. The van der Waals surface area contributed by atoms with E-state index in [1.165, 1.54) is 6.92 Å². The molecule has 1 rings (SSSR count). The first kappa shape index (κ1) is 12.9. The fraction of sp³-hybridized carbons (Fsp3) is 0.250. The summed E-state index contributed by atoms with van der Waals surface area (Å²) in [6.07, 6.45) is -4.63. The molecule has 0 fully saturated rings. The Morgan fingerprint density at radius 2 is 1.81 bits per heavy atom. The number of benzene rings is 1. The highest BCUT2D eigenvalue weighted by Crippen LogP contribution is 2.31. The third-order valence-electron chi connectivity index (χ3n) is 1.81. The molecular formula is C8H8F3NO3S. The van der Waals surface area contributed by atoms with Crippen LogP contribution in [-0.2, 0) is 16.2 Å². The number of halogens is 3. The number of alkyl halides is 3. The number of aryl methyl sites for hydroxylation is 1. The predicted molar refractivity (Wildman–Crippen MR) is 48.3 cm³/mol. The van der Waals surface area contributed by atoms with Crippen LogP contribution in [0, 0.1) is 6.92 Å². The number of nitrogens with one attached hydrogen (secondary N) is 1. The van der Waals surface area contributed by atoms with E-state index in [1.807, 2.05) is 0 Å². The lowest BCUT2D eigenvalue weighted by Crippen LogP contribution is -2.20. The lowest BCUT2D eigenvalue weighted by atomic mass is 10.1. The minimum Gasteiger partial charge on any atom is -0.302 e. The van der Waals surface area contributed by atoms with E-state index in [0.717, 1.165) is 17.0 Å². The van der Waals surface area contributed by atoms with Gasteiger partial charge in [0.15, 0.2) is 0 Å². The molecule has 8 heteroatoms. The molecule has 0 radical (unpaired) electrons. The van der Waals surface area contributed by atoms with E-state index in [1.54, 1.807) is 0 Å². The van der Waals surface area contributed by atoms with Crippen LogP contribution in [0.1, 0.15) is 11.1 Å².